The molecule has 0 bridgehead atoms. The lowest BCUT2D eigenvalue weighted by atomic mass is 9.89. The molecular weight excluding hydrogens is 306 g/mol. The van der Waals surface area contributed by atoms with Crippen molar-refractivity contribution in [1.82, 2.24) is 9.88 Å². The van der Waals surface area contributed by atoms with Crippen LogP contribution in [0.15, 0.2) is 60.9 Å². The molecule has 1 aliphatic rings. The normalized spacial score (nSPS) is 18.5. The largest absolute Gasteiger partial charge is 0.399 e. The summed E-state index contributed by atoms with van der Waals surface area (Å²) in [6, 6.07) is 17.0. The third kappa shape index (κ3) is 3.83. The minimum absolute atomic E-state index is 0.716. The maximum Gasteiger partial charge on any atom is 0.0346 e. The lowest BCUT2D eigenvalue weighted by Crippen LogP contribution is -2.35. The van der Waals surface area contributed by atoms with Gasteiger partial charge in [0, 0.05) is 36.6 Å². The summed E-state index contributed by atoms with van der Waals surface area (Å²) >= 11 is 0. The molecule has 25 heavy (non-hydrogen) atoms. The van der Waals surface area contributed by atoms with Gasteiger partial charge in [0.25, 0.3) is 0 Å². The van der Waals surface area contributed by atoms with Crippen molar-refractivity contribution in [2.24, 2.45) is 5.92 Å². The molecule has 2 heterocycles. The summed E-state index contributed by atoms with van der Waals surface area (Å²) in [4.78, 5) is 6.83. The molecule has 0 aliphatic carbocycles. The molecule has 4 rings (SSSR count). The van der Waals surface area contributed by atoms with Gasteiger partial charge in [0.15, 0.2) is 0 Å². The molecule has 1 aliphatic heterocycles. The number of aromatic nitrogens is 1. The Morgan fingerprint density at radius 3 is 2.96 bits per heavy atom. The number of hydrogen-bond acceptors (Lipinski definition) is 3. The van der Waals surface area contributed by atoms with E-state index in [1.54, 1.807) is 0 Å². The second kappa shape index (κ2) is 7.24. The van der Waals surface area contributed by atoms with Crippen LogP contribution in [0.3, 0.4) is 0 Å². The molecular formula is C22H25N3. The van der Waals surface area contributed by atoms with Crippen molar-refractivity contribution in [1.29, 1.82) is 0 Å². The average Bonchev–Trinajstić information content (AvgIpc) is 2.62. The molecule has 1 aromatic heterocycles. The third-order valence-corrected chi connectivity index (χ3v) is 5.24. The molecule has 3 nitrogen and oxygen atoms in total. The van der Waals surface area contributed by atoms with Crippen LogP contribution in [0.5, 0.6) is 0 Å². The number of fused-ring (bicyclic) bond motifs is 1. The number of pyridine rings is 1. The Morgan fingerprint density at radius 2 is 2.04 bits per heavy atom. The van der Waals surface area contributed by atoms with Crippen molar-refractivity contribution < 1.29 is 0 Å². The number of benzene rings is 2. The summed E-state index contributed by atoms with van der Waals surface area (Å²) in [6.07, 6.45) is 7.60. The van der Waals surface area contributed by atoms with Gasteiger partial charge in [-0.2, -0.15) is 0 Å². The number of hydrogen-bond donors (Lipinski definition) is 1. The first-order valence-electron chi connectivity index (χ1n) is 9.16. The molecule has 1 atom stereocenters. The molecule has 3 heteroatoms. The maximum atomic E-state index is 5.92. The quantitative estimate of drug-likeness (QED) is 0.726. The van der Waals surface area contributed by atoms with E-state index in [2.05, 4.69) is 52.3 Å². The van der Waals surface area contributed by atoms with Crippen LogP contribution in [-0.4, -0.2) is 23.0 Å². The molecule has 2 N–H and O–H groups in total. The molecule has 128 valence electrons. The molecule has 0 amide bonds. The standard InChI is InChI=1S/C22H25N3/c23-21-8-1-4-18(13-21)16-25-11-3-5-17(15-25)12-19-6-2-7-20-14-24-10-9-22(19)20/h1-2,4,6-10,13-14,17H,3,5,11-12,15-16,23H2. The molecule has 0 spiro atoms. The minimum atomic E-state index is 0.716. The third-order valence-electron chi connectivity index (χ3n) is 5.24. The van der Waals surface area contributed by atoms with Crippen molar-refractivity contribution in [3.05, 3.63) is 72.1 Å². The van der Waals surface area contributed by atoms with Gasteiger partial charge >= 0.3 is 0 Å². The molecule has 3 aromatic rings. The fourth-order valence-electron chi connectivity index (χ4n) is 4.09. The van der Waals surface area contributed by atoms with Gasteiger partial charge in [0.05, 0.1) is 0 Å². The second-order valence-corrected chi connectivity index (χ2v) is 7.21. The highest BCUT2D eigenvalue weighted by molar-refractivity contribution is 5.84. The van der Waals surface area contributed by atoms with Crippen LogP contribution in [0, 0.1) is 5.92 Å². The van der Waals surface area contributed by atoms with Gasteiger partial charge in [-0.25, -0.2) is 0 Å². The number of likely N-dealkylation sites (tertiary alicyclic amines) is 1. The van der Waals surface area contributed by atoms with Gasteiger partial charge in [0.2, 0.25) is 0 Å². The predicted molar refractivity (Wildman–Crippen MR) is 104 cm³/mol. The summed E-state index contributed by atoms with van der Waals surface area (Å²) in [6.45, 7) is 3.35. The zero-order valence-corrected chi connectivity index (χ0v) is 14.6. The van der Waals surface area contributed by atoms with Gasteiger partial charge in [0.1, 0.15) is 0 Å². The van der Waals surface area contributed by atoms with Crippen LogP contribution >= 0.6 is 0 Å². The maximum absolute atomic E-state index is 5.92. The number of anilines is 1. The van der Waals surface area contributed by atoms with Crippen LogP contribution < -0.4 is 5.73 Å². The summed E-state index contributed by atoms with van der Waals surface area (Å²) in [5.74, 6) is 0.716. The molecule has 0 saturated carbocycles. The average molecular weight is 331 g/mol. The van der Waals surface area contributed by atoms with Crippen LogP contribution in [0.1, 0.15) is 24.0 Å². The van der Waals surface area contributed by atoms with E-state index in [-0.39, 0.29) is 0 Å². The zero-order valence-electron chi connectivity index (χ0n) is 14.6. The van der Waals surface area contributed by atoms with Crippen LogP contribution in [0.25, 0.3) is 10.8 Å². The SMILES string of the molecule is Nc1cccc(CN2CCCC(Cc3cccc4cnccc34)C2)c1. The molecule has 1 fully saturated rings. The van der Waals surface area contributed by atoms with E-state index in [1.165, 1.54) is 41.3 Å². The fourth-order valence-corrected chi connectivity index (χ4v) is 4.09. The zero-order chi connectivity index (χ0) is 17.1. The van der Waals surface area contributed by atoms with Gasteiger partial charge in [-0.3, -0.25) is 9.88 Å². The number of nitrogens with zero attached hydrogens (tertiary/aromatic N) is 2. The highest BCUT2D eigenvalue weighted by Crippen LogP contribution is 2.26. The molecule has 2 aromatic carbocycles. The summed E-state index contributed by atoms with van der Waals surface area (Å²) in [5.41, 5.74) is 9.55. The molecule has 1 unspecified atom stereocenters. The second-order valence-electron chi connectivity index (χ2n) is 7.21. The predicted octanol–water partition coefficient (Wildman–Crippen LogP) is 4.27. The van der Waals surface area contributed by atoms with Gasteiger partial charge in [-0.15, -0.1) is 0 Å². The Labute approximate surface area is 149 Å². The lowest BCUT2D eigenvalue weighted by molar-refractivity contribution is 0.167. The van der Waals surface area contributed by atoms with Crippen molar-refractivity contribution in [3.8, 4) is 0 Å². The monoisotopic (exact) mass is 331 g/mol. The van der Waals surface area contributed by atoms with E-state index in [1.807, 2.05) is 18.5 Å². The fraction of sp³-hybridized carbons (Fsp3) is 0.318. The number of nitrogen functional groups attached to an aromatic ring is 1. The summed E-state index contributed by atoms with van der Waals surface area (Å²) < 4.78 is 0. The topological polar surface area (TPSA) is 42.1 Å². The molecule has 1 saturated heterocycles. The Bertz CT molecular complexity index is 853. The number of nitrogens with two attached hydrogens (primary N) is 1. The number of rotatable bonds is 4. The summed E-state index contributed by atoms with van der Waals surface area (Å²) in [5, 5.41) is 2.60. The van der Waals surface area contributed by atoms with Crippen molar-refractivity contribution in [3.63, 3.8) is 0 Å². The van der Waals surface area contributed by atoms with Crippen molar-refractivity contribution in [2.45, 2.75) is 25.8 Å². The van der Waals surface area contributed by atoms with Gasteiger partial charge in [-0.1, -0.05) is 30.3 Å². The highest BCUT2D eigenvalue weighted by Gasteiger charge is 2.21. The first kappa shape index (κ1) is 16.1. The summed E-state index contributed by atoms with van der Waals surface area (Å²) in [7, 11) is 0. The van der Waals surface area contributed by atoms with E-state index < -0.39 is 0 Å². The smallest absolute Gasteiger partial charge is 0.0346 e. The van der Waals surface area contributed by atoms with Crippen LogP contribution in [0.4, 0.5) is 5.69 Å². The van der Waals surface area contributed by atoms with E-state index in [0.717, 1.165) is 25.2 Å². The highest BCUT2D eigenvalue weighted by atomic mass is 15.1. The Balaban J connectivity index is 1.46. The minimum Gasteiger partial charge on any atom is -0.399 e. The van der Waals surface area contributed by atoms with Crippen molar-refractivity contribution in [2.75, 3.05) is 18.8 Å². The van der Waals surface area contributed by atoms with E-state index in [9.17, 15) is 0 Å². The number of piperidine rings is 1. The Hall–Kier alpha value is -2.39. The Kier molecular flexibility index (Phi) is 4.66. The van der Waals surface area contributed by atoms with E-state index >= 15 is 0 Å². The Morgan fingerprint density at radius 1 is 1.12 bits per heavy atom. The van der Waals surface area contributed by atoms with Gasteiger partial charge < -0.3 is 5.73 Å². The van der Waals surface area contributed by atoms with Crippen LogP contribution in [-0.2, 0) is 13.0 Å². The van der Waals surface area contributed by atoms with Crippen molar-refractivity contribution >= 4 is 16.5 Å². The first-order valence-corrected chi connectivity index (χ1v) is 9.16. The van der Waals surface area contributed by atoms with E-state index in [0.29, 0.717) is 5.92 Å². The van der Waals surface area contributed by atoms with E-state index in [4.69, 9.17) is 5.73 Å². The lowest BCUT2D eigenvalue weighted by Gasteiger charge is -2.33. The first-order chi connectivity index (χ1) is 12.3. The van der Waals surface area contributed by atoms with Gasteiger partial charge in [-0.05, 0) is 66.4 Å². The molecule has 0 radical (unpaired) electrons. The van der Waals surface area contributed by atoms with Crippen LogP contribution in [0.2, 0.25) is 0 Å².